The van der Waals surface area contributed by atoms with Crippen molar-refractivity contribution in [1.82, 2.24) is 9.55 Å². The normalized spacial score (nSPS) is 12.3. The first-order valence-electron chi connectivity index (χ1n) is 5.76. The number of nitrogens with two attached hydrogens (primary N) is 1. The number of imidazole rings is 1. The van der Waals surface area contributed by atoms with Crippen LogP contribution in [0.4, 0.5) is 0 Å². The molecule has 3 nitrogen and oxygen atoms in total. The molecule has 2 N–H and O–H groups in total. The minimum Gasteiger partial charge on any atom is -0.331 e. The largest absolute Gasteiger partial charge is 0.331 e. The molecule has 0 saturated carbocycles. The summed E-state index contributed by atoms with van der Waals surface area (Å²) in [6.45, 7) is 4.07. The van der Waals surface area contributed by atoms with Crippen LogP contribution in [0, 0.1) is 0 Å². The van der Waals surface area contributed by atoms with Gasteiger partial charge in [0, 0.05) is 24.0 Å². The van der Waals surface area contributed by atoms with Crippen molar-refractivity contribution in [3.63, 3.8) is 0 Å². The van der Waals surface area contributed by atoms with Crippen LogP contribution in [0.3, 0.4) is 0 Å². The maximum absolute atomic E-state index is 5.99. The van der Waals surface area contributed by atoms with Crippen LogP contribution < -0.4 is 5.73 Å². The number of aromatic nitrogens is 2. The van der Waals surface area contributed by atoms with E-state index in [0.29, 0.717) is 0 Å². The Labute approximate surface area is 107 Å². The molecule has 1 heterocycles. The van der Waals surface area contributed by atoms with E-state index in [9.17, 15) is 0 Å². The third kappa shape index (κ3) is 2.79. The Balaban J connectivity index is 2.33. The van der Waals surface area contributed by atoms with E-state index in [1.165, 1.54) is 0 Å². The molecule has 0 bridgehead atoms. The number of benzene rings is 1. The molecule has 0 spiro atoms. The number of rotatable bonds is 3. The van der Waals surface area contributed by atoms with Gasteiger partial charge in [-0.15, -0.1) is 0 Å². The van der Waals surface area contributed by atoms with Crippen LogP contribution in [0.1, 0.15) is 26.1 Å². The lowest BCUT2D eigenvalue weighted by molar-refractivity contribution is 0.468. The van der Waals surface area contributed by atoms with Crippen molar-refractivity contribution in [2.45, 2.75) is 32.2 Å². The van der Waals surface area contributed by atoms with Gasteiger partial charge in [-0.05, 0) is 38.5 Å². The highest BCUT2D eigenvalue weighted by Gasteiger charge is 2.14. The molecule has 0 aliphatic heterocycles. The van der Waals surface area contributed by atoms with Gasteiger partial charge in [0.05, 0.1) is 11.0 Å². The number of aryl methyl sites for hydroxylation is 2. The van der Waals surface area contributed by atoms with Gasteiger partial charge in [-0.1, -0.05) is 11.6 Å². The van der Waals surface area contributed by atoms with Crippen LogP contribution in [0.25, 0.3) is 11.0 Å². The highest BCUT2D eigenvalue weighted by atomic mass is 35.5. The molecule has 0 radical (unpaired) electrons. The smallest absolute Gasteiger partial charge is 0.109 e. The van der Waals surface area contributed by atoms with Crippen molar-refractivity contribution in [1.29, 1.82) is 0 Å². The molecule has 0 saturated heterocycles. The fourth-order valence-electron chi connectivity index (χ4n) is 1.87. The van der Waals surface area contributed by atoms with Crippen molar-refractivity contribution in [3.8, 4) is 0 Å². The number of fused-ring (bicyclic) bond motifs is 1. The molecule has 1 aromatic heterocycles. The number of hydrogen-bond donors (Lipinski definition) is 1. The predicted octanol–water partition coefficient (Wildman–Crippen LogP) is 2.90. The maximum Gasteiger partial charge on any atom is 0.109 e. The zero-order valence-corrected chi connectivity index (χ0v) is 11.3. The van der Waals surface area contributed by atoms with Gasteiger partial charge in [-0.3, -0.25) is 0 Å². The molecule has 1 aromatic carbocycles. The van der Waals surface area contributed by atoms with E-state index in [1.54, 1.807) is 0 Å². The fourth-order valence-corrected chi connectivity index (χ4v) is 2.04. The van der Waals surface area contributed by atoms with E-state index in [4.69, 9.17) is 17.3 Å². The van der Waals surface area contributed by atoms with Crippen molar-refractivity contribution < 1.29 is 0 Å². The standard InChI is InChI=1S/C13H18ClN3/c1-13(2,15)7-6-12-16-10-5-4-9(14)8-11(10)17(12)3/h4-5,8H,6-7,15H2,1-3H3. The Kier molecular flexibility index (Phi) is 3.15. The van der Waals surface area contributed by atoms with E-state index in [0.717, 1.165) is 34.7 Å². The highest BCUT2D eigenvalue weighted by molar-refractivity contribution is 6.31. The lowest BCUT2D eigenvalue weighted by Crippen LogP contribution is -2.32. The van der Waals surface area contributed by atoms with Gasteiger partial charge in [0.2, 0.25) is 0 Å². The van der Waals surface area contributed by atoms with E-state index in [1.807, 2.05) is 39.1 Å². The molecule has 2 aromatic rings. The summed E-state index contributed by atoms with van der Waals surface area (Å²) in [5, 5.41) is 0.742. The van der Waals surface area contributed by atoms with Crippen LogP contribution in [0.5, 0.6) is 0 Å². The highest BCUT2D eigenvalue weighted by Crippen LogP contribution is 2.21. The molecule has 0 aliphatic rings. The molecule has 2 rings (SSSR count). The first-order valence-corrected chi connectivity index (χ1v) is 6.14. The van der Waals surface area contributed by atoms with E-state index in [2.05, 4.69) is 9.55 Å². The summed E-state index contributed by atoms with van der Waals surface area (Å²) in [6, 6.07) is 5.77. The van der Waals surface area contributed by atoms with E-state index < -0.39 is 0 Å². The summed E-state index contributed by atoms with van der Waals surface area (Å²) in [5.41, 5.74) is 7.90. The number of nitrogens with zero attached hydrogens (tertiary/aromatic N) is 2. The van der Waals surface area contributed by atoms with Crippen LogP contribution in [0.2, 0.25) is 5.02 Å². The monoisotopic (exact) mass is 251 g/mol. The van der Waals surface area contributed by atoms with Crippen molar-refractivity contribution in [3.05, 3.63) is 29.0 Å². The molecule has 92 valence electrons. The van der Waals surface area contributed by atoms with Gasteiger partial charge >= 0.3 is 0 Å². The van der Waals surface area contributed by atoms with Crippen molar-refractivity contribution in [2.75, 3.05) is 0 Å². The van der Waals surface area contributed by atoms with Crippen molar-refractivity contribution >= 4 is 22.6 Å². The minimum absolute atomic E-state index is 0.157. The van der Waals surface area contributed by atoms with Crippen LogP contribution in [-0.4, -0.2) is 15.1 Å². The Morgan fingerprint density at radius 2 is 2.12 bits per heavy atom. The van der Waals surface area contributed by atoms with E-state index in [-0.39, 0.29) is 5.54 Å². The third-order valence-corrected chi connectivity index (χ3v) is 3.16. The predicted molar refractivity (Wildman–Crippen MR) is 72.3 cm³/mol. The molecule has 0 unspecified atom stereocenters. The Hall–Kier alpha value is -1.06. The van der Waals surface area contributed by atoms with Gasteiger partial charge < -0.3 is 10.3 Å². The van der Waals surface area contributed by atoms with Crippen LogP contribution >= 0.6 is 11.6 Å². The molecule has 0 atom stereocenters. The van der Waals surface area contributed by atoms with Gasteiger partial charge in [-0.25, -0.2) is 4.98 Å². The van der Waals surface area contributed by atoms with Gasteiger partial charge in [0.15, 0.2) is 0 Å². The molecule has 0 aliphatic carbocycles. The average Bonchev–Trinajstić information content (AvgIpc) is 2.52. The van der Waals surface area contributed by atoms with Crippen molar-refractivity contribution in [2.24, 2.45) is 12.8 Å². The molecular formula is C13H18ClN3. The van der Waals surface area contributed by atoms with Crippen LogP contribution in [-0.2, 0) is 13.5 Å². The van der Waals surface area contributed by atoms with Gasteiger partial charge in [0.25, 0.3) is 0 Å². The fraction of sp³-hybridized carbons (Fsp3) is 0.462. The van der Waals surface area contributed by atoms with Gasteiger partial charge in [0.1, 0.15) is 5.82 Å². The number of hydrogen-bond acceptors (Lipinski definition) is 2. The lowest BCUT2D eigenvalue weighted by atomic mass is 10.00. The summed E-state index contributed by atoms with van der Waals surface area (Å²) in [6.07, 6.45) is 1.80. The second kappa shape index (κ2) is 4.31. The van der Waals surface area contributed by atoms with Crippen LogP contribution in [0.15, 0.2) is 18.2 Å². The Morgan fingerprint density at radius 1 is 1.41 bits per heavy atom. The second-order valence-electron chi connectivity index (χ2n) is 5.21. The first-order chi connectivity index (χ1) is 7.87. The Bertz CT molecular complexity index is 537. The summed E-state index contributed by atoms with van der Waals surface area (Å²) in [4.78, 5) is 4.61. The van der Waals surface area contributed by atoms with E-state index >= 15 is 0 Å². The average molecular weight is 252 g/mol. The summed E-state index contributed by atoms with van der Waals surface area (Å²) >= 11 is 5.99. The first kappa shape index (κ1) is 12.4. The lowest BCUT2D eigenvalue weighted by Gasteiger charge is -2.17. The number of halogens is 1. The van der Waals surface area contributed by atoms with Gasteiger partial charge in [-0.2, -0.15) is 0 Å². The molecule has 4 heteroatoms. The molecule has 17 heavy (non-hydrogen) atoms. The SMILES string of the molecule is Cn1c(CCC(C)(C)N)nc2ccc(Cl)cc21. The second-order valence-corrected chi connectivity index (χ2v) is 5.65. The summed E-state index contributed by atoms with van der Waals surface area (Å²) < 4.78 is 2.09. The Morgan fingerprint density at radius 3 is 2.76 bits per heavy atom. The maximum atomic E-state index is 5.99. The minimum atomic E-state index is -0.157. The third-order valence-electron chi connectivity index (χ3n) is 2.93. The molecule has 0 fully saturated rings. The quantitative estimate of drug-likeness (QED) is 0.912. The summed E-state index contributed by atoms with van der Waals surface area (Å²) in [7, 11) is 2.02. The summed E-state index contributed by atoms with van der Waals surface area (Å²) in [5.74, 6) is 1.06. The molecular weight excluding hydrogens is 234 g/mol. The topological polar surface area (TPSA) is 43.8 Å². The molecule has 0 amide bonds. The zero-order chi connectivity index (χ0) is 12.6. The zero-order valence-electron chi connectivity index (χ0n) is 10.5.